The monoisotopic (exact) mass is 565 g/mol. The molecule has 3 saturated heterocycles. The first-order chi connectivity index (χ1) is 18.2. The number of allylic oxidation sites excluding steroid dienone is 1. The van der Waals surface area contributed by atoms with Gasteiger partial charge in [0, 0.05) is 56.2 Å². The highest BCUT2D eigenvalue weighted by atomic mass is 35.5. The van der Waals surface area contributed by atoms with Crippen molar-refractivity contribution in [3.63, 3.8) is 0 Å². The molecular weight excluding hydrogens is 536 g/mol. The molecule has 2 unspecified atom stereocenters. The maximum absolute atomic E-state index is 14.5. The molecule has 3 fully saturated rings. The van der Waals surface area contributed by atoms with Crippen LogP contribution in [0.1, 0.15) is 29.7 Å². The molecule has 12 heteroatoms. The highest BCUT2D eigenvalue weighted by Gasteiger charge is 2.60. The molecule has 0 N–H and O–H groups in total. The topological polar surface area (TPSA) is 72.7 Å². The molecule has 1 spiro atoms. The quantitative estimate of drug-likeness (QED) is 0.547. The van der Waals surface area contributed by atoms with Crippen molar-refractivity contribution < 1.29 is 23.0 Å². The van der Waals surface area contributed by atoms with Crippen LogP contribution < -0.4 is 0 Å². The second kappa shape index (κ2) is 10.2. The van der Waals surface area contributed by atoms with Crippen molar-refractivity contribution in [3.8, 4) is 5.82 Å². The maximum Gasteiger partial charge on any atom is 0.278 e. The Morgan fingerprint density at radius 1 is 1.21 bits per heavy atom. The molecule has 4 aliphatic heterocycles. The molecule has 0 aliphatic carbocycles. The molecule has 2 atom stereocenters. The lowest BCUT2D eigenvalue weighted by Gasteiger charge is -2.51. The van der Waals surface area contributed by atoms with Gasteiger partial charge in [0.15, 0.2) is 5.82 Å². The van der Waals surface area contributed by atoms with E-state index in [4.69, 9.17) is 26.2 Å². The molecule has 6 heterocycles. The SMILES string of the molecule is Cc1nn(-c2ncccc2CN2CCOCC2=O)cc1CN1CCC2(CC1)OCC(F)(F)C1C=C(Cl)SC12. The van der Waals surface area contributed by atoms with Gasteiger partial charge in [-0.3, -0.25) is 9.69 Å². The zero-order valence-corrected chi connectivity index (χ0v) is 22.7. The fourth-order valence-corrected chi connectivity index (χ4v) is 7.69. The van der Waals surface area contributed by atoms with Gasteiger partial charge in [-0.25, -0.2) is 18.4 Å². The average molecular weight is 566 g/mol. The number of thioether (sulfide) groups is 1. The summed E-state index contributed by atoms with van der Waals surface area (Å²) in [7, 11) is 0. The van der Waals surface area contributed by atoms with Crippen molar-refractivity contribution in [1.82, 2.24) is 24.6 Å². The predicted molar refractivity (Wildman–Crippen MR) is 139 cm³/mol. The lowest BCUT2D eigenvalue weighted by molar-refractivity contribution is -0.215. The normalized spacial score (nSPS) is 27.0. The van der Waals surface area contributed by atoms with Crippen LogP contribution in [0.3, 0.4) is 0 Å². The summed E-state index contributed by atoms with van der Waals surface area (Å²) in [5.41, 5.74) is 2.31. The van der Waals surface area contributed by atoms with Gasteiger partial charge < -0.3 is 14.4 Å². The van der Waals surface area contributed by atoms with Gasteiger partial charge in [0.05, 0.1) is 33.4 Å². The first-order valence-electron chi connectivity index (χ1n) is 12.9. The van der Waals surface area contributed by atoms with Crippen LogP contribution in [-0.4, -0.2) is 86.7 Å². The second-order valence-corrected chi connectivity index (χ2v) is 12.3. The Balaban J connectivity index is 1.13. The zero-order valence-electron chi connectivity index (χ0n) is 21.1. The van der Waals surface area contributed by atoms with E-state index in [1.165, 1.54) is 17.8 Å². The molecule has 204 valence electrons. The van der Waals surface area contributed by atoms with E-state index in [2.05, 4.69) is 9.88 Å². The number of amides is 1. The smallest absolute Gasteiger partial charge is 0.278 e. The molecule has 6 rings (SSSR count). The number of aryl methyl sites for hydroxylation is 1. The third-order valence-electron chi connectivity index (χ3n) is 8.06. The largest absolute Gasteiger partial charge is 0.370 e. The molecule has 0 bridgehead atoms. The summed E-state index contributed by atoms with van der Waals surface area (Å²) >= 11 is 7.51. The van der Waals surface area contributed by atoms with E-state index >= 15 is 0 Å². The number of pyridine rings is 1. The molecule has 38 heavy (non-hydrogen) atoms. The number of alkyl halides is 2. The first kappa shape index (κ1) is 26.2. The lowest BCUT2D eigenvalue weighted by Crippen LogP contribution is -2.61. The number of ether oxygens (including phenoxy) is 2. The standard InChI is InChI=1S/C26H30ClF2N5O3S/c1-17-19(14-34(31-17)24-18(3-2-6-30-24)13-33-9-10-36-15-22(33)35)12-32-7-4-25(5-8-32)23-20(11-21(27)38-23)26(28,29)16-37-25/h2-3,6,11,14,20,23H,4-5,7-10,12-13,15-16H2,1H3. The second-order valence-electron chi connectivity index (χ2n) is 10.5. The van der Waals surface area contributed by atoms with Crippen LogP contribution in [0.2, 0.25) is 0 Å². The van der Waals surface area contributed by atoms with Crippen LogP contribution in [0.4, 0.5) is 8.78 Å². The van der Waals surface area contributed by atoms with Gasteiger partial charge in [-0.05, 0) is 31.9 Å². The first-order valence-corrected chi connectivity index (χ1v) is 14.1. The maximum atomic E-state index is 14.5. The summed E-state index contributed by atoms with van der Waals surface area (Å²) in [4.78, 5) is 20.9. The summed E-state index contributed by atoms with van der Waals surface area (Å²) in [6.45, 7) is 5.24. The van der Waals surface area contributed by atoms with E-state index in [0.29, 0.717) is 49.3 Å². The van der Waals surface area contributed by atoms with Crippen LogP contribution in [0.15, 0.2) is 35.0 Å². The Morgan fingerprint density at radius 2 is 2.03 bits per heavy atom. The third kappa shape index (κ3) is 4.88. The minimum Gasteiger partial charge on any atom is -0.370 e. The zero-order chi connectivity index (χ0) is 26.5. The Morgan fingerprint density at radius 3 is 2.82 bits per heavy atom. The van der Waals surface area contributed by atoms with Crippen LogP contribution >= 0.6 is 23.4 Å². The molecule has 4 aliphatic rings. The van der Waals surface area contributed by atoms with Gasteiger partial charge in [-0.2, -0.15) is 5.10 Å². The van der Waals surface area contributed by atoms with Crippen LogP contribution in [-0.2, 0) is 27.4 Å². The number of halogens is 3. The number of morpholine rings is 1. The van der Waals surface area contributed by atoms with Crippen molar-refractivity contribution in [2.45, 2.75) is 49.6 Å². The summed E-state index contributed by atoms with van der Waals surface area (Å²) in [5.74, 6) is -3.09. The number of carbonyl (C=O) groups excluding carboxylic acids is 1. The van der Waals surface area contributed by atoms with Crippen LogP contribution in [0.25, 0.3) is 5.82 Å². The number of piperidine rings is 1. The minimum atomic E-state index is -2.89. The highest BCUT2D eigenvalue weighted by Crippen LogP contribution is 2.56. The molecule has 0 aromatic carbocycles. The van der Waals surface area contributed by atoms with Crippen molar-refractivity contribution in [2.75, 3.05) is 39.5 Å². The van der Waals surface area contributed by atoms with Gasteiger partial charge in [0.2, 0.25) is 5.91 Å². The molecule has 0 radical (unpaired) electrons. The fraction of sp³-hybridized carbons (Fsp3) is 0.577. The van der Waals surface area contributed by atoms with E-state index in [1.807, 2.05) is 25.3 Å². The molecule has 8 nitrogen and oxygen atoms in total. The summed E-state index contributed by atoms with van der Waals surface area (Å²) in [6, 6.07) is 3.83. The number of rotatable bonds is 5. The average Bonchev–Trinajstić information content (AvgIpc) is 3.49. The number of hydrogen-bond acceptors (Lipinski definition) is 7. The number of fused-ring (bicyclic) bond motifs is 2. The van der Waals surface area contributed by atoms with Crippen molar-refractivity contribution in [3.05, 3.63) is 51.8 Å². The van der Waals surface area contributed by atoms with E-state index in [1.54, 1.807) is 15.8 Å². The van der Waals surface area contributed by atoms with E-state index in [0.717, 1.165) is 29.9 Å². The van der Waals surface area contributed by atoms with E-state index in [-0.39, 0.29) is 17.8 Å². The highest BCUT2D eigenvalue weighted by molar-refractivity contribution is 8.05. The Labute approximate surface area is 229 Å². The number of carbonyl (C=O) groups is 1. The number of hydrogen-bond donors (Lipinski definition) is 0. The minimum absolute atomic E-state index is 0.0303. The van der Waals surface area contributed by atoms with Gasteiger partial charge in [0.25, 0.3) is 5.92 Å². The molecule has 1 amide bonds. The van der Waals surface area contributed by atoms with Gasteiger partial charge in [0.1, 0.15) is 13.2 Å². The van der Waals surface area contributed by atoms with E-state index < -0.39 is 24.0 Å². The summed E-state index contributed by atoms with van der Waals surface area (Å²) in [6.07, 6.45) is 6.60. The van der Waals surface area contributed by atoms with Gasteiger partial charge in [-0.15, -0.1) is 11.8 Å². The van der Waals surface area contributed by atoms with E-state index in [9.17, 15) is 13.6 Å². The number of nitrogens with zero attached hydrogens (tertiary/aromatic N) is 5. The molecule has 0 saturated carbocycles. The van der Waals surface area contributed by atoms with Gasteiger partial charge >= 0.3 is 0 Å². The predicted octanol–water partition coefficient (Wildman–Crippen LogP) is 3.75. The molecular formula is C26H30ClF2N5O3S. The summed E-state index contributed by atoms with van der Waals surface area (Å²) in [5, 5.41) is 4.38. The lowest BCUT2D eigenvalue weighted by atomic mass is 9.77. The fourth-order valence-electron chi connectivity index (χ4n) is 5.86. The number of likely N-dealkylation sites (tertiary alicyclic amines) is 1. The van der Waals surface area contributed by atoms with Crippen molar-refractivity contribution in [2.24, 2.45) is 5.92 Å². The van der Waals surface area contributed by atoms with Crippen molar-refractivity contribution in [1.29, 1.82) is 0 Å². The Hall–Kier alpha value is -2.05. The summed E-state index contributed by atoms with van der Waals surface area (Å²) < 4.78 is 42.4. The molecule has 2 aromatic heterocycles. The number of aromatic nitrogens is 3. The molecule has 2 aromatic rings. The van der Waals surface area contributed by atoms with Crippen molar-refractivity contribution >= 4 is 29.3 Å². The Kier molecular flexibility index (Phi) is 7.01. The van der Waals surface area contributed by atoms with Crippen LogP contribution in [0, 0.1) is 12.8 Å². The van der Waals surface area contributed by atoms with Crippen LogP contribution in [0.5, 0.6) is 0 Å². The third-order valence-corrected chi connectivity index (χ3v) is 9.79. The van der Waals surface area contributed by atoms with Gasteiger partial charge in [-0.1, -0.05) is 17.7 Å². The Bertz CT molecular complexity index is 1250.